The summed E-state index contributed by atoms with van der Waals surface area (Å²) < 4.78 is 4.63. The van der Waals surface area contributed by atoms with Gasteiger partial charge in [0.05, 0.1) is 49.4 Å². The number of Topliss-reactive ketones (excluding diaryl/α,β-unsaturated/α-hetero) is 3. The van der Waals surface area contributed by atoms with E-state index < -0.39 is 194 Å². The fourth-order valence-electron chi connectivity index (χ4n) is 6.88. The zero-order chi connectivity index (χ0) is 61.1. The largest absolute Gasteiger partial charge is 0.481 e. The zero-order valence-corrected chi connectivity index (χ0v) is 44.4. The van der Waals surface area contributed by atoms with Crippen LogP contribution in [0, 0.1) is 0 Å². The summed E-state index contributed by atoms with van der Waals surface area (Å²) in [7, 11) is 0.895. The molecule has 14 atom stereocenters. The highest BCUT2D eigenvalue weighted by molar-refractivity contribution is 6.15. The van der Waals surface area contributed by atoms with Crippen LogP contribution in [0.25, 0.3) is 0 Å². The summed E-state index contributed by atoms with van der Waals surface area (Å²) in [4.78, 5) is 223. The third-order valence-electron chi connectivity index (χ3n) is 11.2. The first-order valence-electron chi connectivity index (χ1n) is 24.5. The molecule has 34 nitrogen and oxygen atoms in total. The molecule has 0 fully saturated rings. The first-order chi connectivity index (χ1) is 37.5. The first-order valence-corrected chi connectivity index (χ1v) is 24.5. The third-order valence-corrected chi connectivity index (χ3v) is 11.2. The van der Waals surface area contributed by atoms with Crippen molar-refractivity contribution in [3.05, 3.63) is 12.2 Å². The van der Waals surface area contributed by atoms with E-state index in [1.54, 1.807) is 0 Å². The Morgan fingerprint density at radius 3 is 1.65 bits per heavy atom. The van der Waals surface area contributed by atoms with E-state index >= 15 is 0 Å². The lowest BCUT2D eigenvalue weighted by Crippen LogP contribution is -2.69. The standard InChI is InChI=1S/C46H70N14O20/c1-20(16-61)50-36(42(75)55-30(35(72)26(49)12-14-29(68)69)40(73)59-39(46(79)80-6)52-22(3)18-63)58-44(77)37(51-21(2)17-62)57-41(74)32(34(71)24(5)48)60-15-9-7-8-10-27(65)54-38(53-25(19-64)11-13-28(66)67)43(76)56-31(45(60)78)33(70)23(4)47/h7,9,16-26,30-32,36-39,50-53H,8,10-15,47-49H2,1-6H3,(H,54,65)(H,55,75)(H,56,76)(H,57,74)(H,58,77)(H,59,73)(H,66,67)(H,68,69)/t20-,21-,22-,23-,24-,25+,26-,30-,31-,32-,36+,37+,38+,39+/m0/s1. The van der Waals surface area contributed by atoms with Crippen LogP contribution in [-0.4, -0.2) is 216 Å². The Bertz CT molecular complexity index is 2350. The van der Waals surface area contributed by atoms with Gasteiger partial charge in [0.2, 0.25) is 5.91 Å². The van der Waals surface area contributed by atoms with Crippen LogP contribution in [0.4, 0.5) is 0 Å². The highest BCUT2D eigenvalue weighted by Crippen LogP contribution is 2.13. The van der Waals surface area contributed by atoms with E-state index in [0.29, 0.717) is 11.2 Å². The summed E-state index contributed by atoms with van der Waals surface area (Å²) in [6.45, 7) is 4.95. The van der Waals surface area contributed by atoms with Gasteiger partial charge in [0.15, 0.2) is 60.1 Å². The number of carbonyl (C=O) groups excluding carboxylic acids is 15. The summed E-state index contributed by atoms with van der Waals surface area (Å²) in [5.41, 5.74) is 17.8. The van der Waals surface area contributed by atoms with Gasteiger partial charge in [-0.2, -0.15) is 0 Å². The molecule has 0 aliphatic carbocycles. The van der Waals surface area contributed by atoms with Crippen LogP contribution in [0.5, 0.6) is 0 Å². The van der Waals surface area contributed by atoms with Crippen LogP contribution >= 0.6 is 0 Å². The van der Waals surface area contributed by atoms with Crippen molar-refractivity contribution >= 4 is 102 Å². The lowest BCUT2D eigenvalue weighted by molar-refractivity contribution is -0.151. The molecule has 0 unspecified atom stereocenters. The number of hydrogen-bond donors (Lipinski definition) is 15. The predicted molar refractivity (Wildman–Crippen MR) is 270 cm³/mol. The van der Waals surface area contributed by atoms with Crippen molar-refractivity contribution in [2.45, 2.75) is 158 Å². The highest BCUT2D eigenvalue weighted by atomic mass is 16.5. The number of hydrogen-bond acceptors (Lipinski definition) is 25. The Morgan fingerprint density at radius 1 is 0.662 bits per heavy atom. The van der Waals surface area contributed by atoms with Crippen LogP contribution in [0.15, 0.2) is 12.2 Å². The molecule has 0 aromatic rings. The van der Waals surface area contributed by atoms with Crippen LogP contribution in [-0.2, 0) is 86.2 Å². The second-order valence-corrected chi connectivity index (χ2v) is 18.1. The number of nitrogens with two attached hydrogens (primary N) is 3. The van der Waals surface area contributed by atoms with Crippen LogP contribution in [0.3, 0.4) is 0 Å². The number of methoxy groups -OCH3 is 1. The van der Waals surface area contributed by atoms with Crippen LogP contribution in [0.2, 0.25) is 0 Å². The van der Waals surface area contributed by atoms with Gasteiger partial charge in [-0.25, -0.2) is 4.79 Å². The average Bonchev–Trinajstić information content (AvgIpc) is 3.41. The maximum atomic E-state index is 14.7. The summed E-state index contributed by atoms with van der Waals surface area (Å²) >= 11 is 0. The van der Waals surface area contributed by atoms with Crippen LogP contribution in [0.1, 0.15) is 73.1 Å². The maximum Gasteiger partial charge on any atom is 0.343 e. The molecule has 0 saturated carbocycles. The summed E-state index contributed by atoms with van der Waals surface area (Å²) in [5.74, 6) is -17.8. The molecule has 18 N–H and O–H groups in total. The number of nitrogens with one attached hydrogen (secondary N) is 10. The quantitative estimate of drug-likeness (QED) is 0.00935. The molecule has 1 aliphatic rings. The third kappa shape index (κ3) is 23.1. The molecule has 1 heterocycles. The molecule has 0 bridgehead atoms. The number of aliphatic carboxylic acids is 2. The molecule has 0 spiro atoms. The maximum absolute atomic E-state index is 14.7. The molecule has 1 aliphatic heterocycles. The van der Waals surface area contributed by atoms with Crippen molar-refractivity contribution in [2.75, 3.05) is 13.7 Å². The lowest BCUT2D eigenvalue weighted by atomic mass is 10.00. The highest BCUT2D eigenvalue weighted by Gasteiger charge is 2.45. The minimum atomic E-state index is -2.48. The number of ketones is 3. The van der Waals surface area contributed by atoms with Gasteiger partial charge in [0, 0.05) is 25.8 Å². The van der Waals surface area contributed by atoms with Crippen molar-refractivity contribution in [1.82, 2.24) is 58.1 Å². The molecule has 0 aromatic heterocycles. The Hall–Kier alpha value is -8.15. The zero-order valence-electron chi connectivity index (χ0n) is 44.4. The van der Waals surface area contributed by atoms with Gasteiger partial charge in [-0.3, -0.25) is 78.8 Å². The van der Waals surface area contributed by atoms with Gasteiger partial charge < -0.3 is 88.1 Å². The number of nitrogens with zero attached hydrogens (tertiary/aromatic N) is 1. The van der Waals surface area contributed by atoms with E-state index in [1.807, 2.05) is 10.6 Å². The van der Waals surface area contributed by atoms with Crippen molar-refractivity contribution in [1.29, 1.82) is 0 Å². The Balaban J connectivity index is 4.03. The monoisotopic (exact) mass is 1140 g/mol. The molecular weight excluding hydrogens is 1070 g/mol. The number of rotatable bonds is 34. The van der Waals surface area contributed by atoms with Crippen LogP contribution < -0.4 is 70.4 Å². The first kappa shape index (κ1) is 69.9. The Kier molecular flexibility index (Phi) is 30.3. The van der Waals surface area contributed by atoms with E-state index in [-0.39, 0.29) is 31.7 Å². The molecule has 7 amide bonds. The summed E-state index contributed by atoms with van der Waals surface area (Å²) in [6.07, 6.45) is -7.74. The molecule has 444 valence electrons. The number of ether oxygens (including phenoxy) is 1. The summed E-state index contributed by atoms with van der Waals surface area (Å²) in [6, 6.07) is -17.7. The average molecular weight is 1140 g/mol. The number of aldehydes is 4. The van der Waals surface area contributed by atoms with Crippen molar-refractivity contribution in [3.8, 4) is 0 Å². The number of carbonyl (C=O) groups is 17. The van der Waals surface area contributed by atoms with Gasteiger partial charge in [-0.15, -0.1) is 0 Å². The van der Waals surface area contributed by atoms with Gasteiger partial charge >= 0.3 is 17.9 Å². The second-order valence-electron chi connectivity index (χ2n) is 18.1. The minimum Gasteiger partial charge on any atom is -0.481 e. The molecule has 80 heavy (non-hydrogen) atoms. The fourth-order valence-corrected chi connectivity index (χ4v) is 6.88. The number of allylic oxidation sites excluding steroid dienone is 1. The number of carboxylic acid groups (broad SMARTS) is 2. The number of amides is 7. The van der Waals surface area contributed by atoms with Gasteiger partial charge in [-0.05, 0) is 53.9 Å². The Morgan fingerprint density at radius 2 is 1.16 bits per heavy atom. The van der Waals surface area contributed by atoms with E-state index in [2.05, 4.69) is 47.3 Å². The van der Waals surface area contributed by atoms with Gasteiger partial charge in [0.25, 0.3) is 35.4 Å². The van der Waals surface area contributed by atoms with E-state index in [9.17, 15) is 86.6 Å². The SMILES string of the molecule is COC(=O)[C@@H](NC(=O)[C@@H](NC(=O)[C@@H](NC(=O)[C@@H](NC(=O)[C@H](C(=O)[C@H](C)N)N1CC=CCCC(=O)N[C@@H](N[C@@H](C=O)CCC(=O)O)C(=O)N[C@@H](C(=O)[C@H](C)N)C1=O)N[C@@H](C)C=O)N[C@@H](C)C=O)C(=O)[C@@H](N)CCC(=O)O)N[C@@H](C)C=O. The Labute approximate surface area is 456 Å². The topological polar surface area (TPSA) is 541 Å². The molecule has 0 aromatic carbocycles. The molecule has 0 radical (unpaired) electrons. The normalized spacial score (nSPS) is 19.5. The molecule has 0 saturated heterocycles. The van der Waals surface area contributed by atoms with E-state index in [1.165, 1.54) is 19.1 Å². The predicted octanol–water partition coefficient (Wildman–Crippen LogP) is -9.41. The smallest absolute Gasteiger partial charge is 0.343 e. The molecule has 34 heteroatoms. The number of esters is 1. The summed E-state index contributed by atoms with van der Waals surface area (Å²) in [5, 5.41) is 40.5. The molecule has 1 rings (SSSR count). The number of carboxylic acids is 2. The fraction of sp³-hybridized carbons (Fsp3) is 0.587. The molecular formula is C46H70N14O20. The van der Waals surface area contributed by atoms with E-state index in [4.69, 9.17) is 22.3 Å². The van der Waals surface area contributed by atoms with Crippen molar-refractivity contribution < 1.29 is 96.5 Å². The van der Waals surface area contributed by atoms with Gasteiger partial charge in [-0.1, -0.05) is 12.2 Å². The second kappa shape index (κ2) is 34.7. The lowest BCUT2D eigenvalue weighted by Gasteiger charge is -2.34. The van der Waals surface area contributed by atoms with Crippen molar-refractivity contribution in [2.24, 2.45) is 17.2 Å². The minimum absolute atomic E-state index is 0.150. The van der Waals surface area contributed by atoms with Gasteiger partial charge in [0.1, 0.15) is 25.1 Å². The van der Waals surface area contributed by atoms with Crippen molar-refractivity contribution in [3.63, 3.8) is 0 Å². The van der Waals surface area contributed by atoms with E-state index in [0.717, 1.165) is 34.8 Å².